The van der Waals surface area contributed by atoms with E-state index in [1.54, 1.807) is 0 Å². The molecule has 0 saturated heterocycles. The first-order valence-electron chi connectivity index (χ1n) is 2.34. The van der Waals surface area contributed by atoms with Crippen LogP contribution >= 0.6 is 22.6 Å². The molecular weight excluding hydrogens is 211 g/mol. The van der Waals surface area contributed by atoms with Crippen molar-refractivity contribution in [2.24, 2.45) is 0 Å². The first-order chi connectivity index (χ1) is 3.89. The predicted molar refractivity (Wildman–Crippen MR) is 43.9 cm³/mol. The van der Waals surface area contributed by atoms with Crippen molar-refractivity contribution in [1.29, 1.82) is 0 Å². The molecule has 0 N–H and O–H groups in total. The molecule has 0 bridgehead atoms. The second-order valence-electron chi connectivity index (χ2n) is 1.41. The molecule has 40 valence electrons. The fraction of sp³-hybridized carbons (Fsp3) is 0. The van der Waals surface area contributed by atoms with E-state index < -0.39 is 0 Å². The highest BCUT2D eigenvalue weighted by Crippen LogP contribution is 2.07. The van der Waals surface area contributed by atoms with E-state index in [2.05, 4.69) is 28.3 Å². The molecule has 0 nitrogen and oxygen atoms in total. The van der Waals surface area contributed by atoms with Crippen LogP contribution in [0.4, 0.5) is 0 Å². The quantitative estimate of drug-likeness (QED) is 0.431. The van der Waals surface area contributed by atoms with Crippen LogP contribution in [0, 0.1) is 0 Å². The Hall–Kier alpha value is -0.270. The zero-order valence-electron chi connectivity index (χ0n) is 4.26. The number of allylic oxidation sites excluding steroid dienone is 5. The van der Waals surface area contributed by atoms with Gasteiger partial charge in [0.15, 0.2) is 0 Å². The number of halogens is 1. The second-order valence-corrected chi connectivity index (χ2v) is 2.66. The zero-order chi connectivity index (χ0) is 5.82. The van der Waals surface area contributed by atoms with Gasteiger partial charge in [-0.3, -0.25) is 0 Å². The minimum atomic E-state index is 1.22. The van der Waals surface area contributed by atoms with E-state index in [-0.39, 0.29) is 0 Å². The van der Waals surface area contributed by atoms with Gasteiger partial charge in [-0.25, -0.2) is 0 Å². The van der Waals surface area contributed by atoms with Gasteiger partial charge >= 0.3 is 0 Å². The van der Waals surface area contributed by atoms with E-state index >= 15 is 0 Å². The molecule has 0 fully saturated rings. The minimum Gasteiger partial charge on any atom is -0.120 e. The van der Waals surface area contributed by atoms with Crippen molar-refractivity contribution in [3.63, 3.8) is 0 Å². The van der Waals surface area contributed by atoms with Gasteiger partial charge in [-0.1, -0.05) is 12.2 Å². The van der Waals surface area contributed by atoms with Gasteiger partial charge in [0.05, 0.1) is 0 Å². The van der Waals surface area contributed by atoms with Gasteiger partial charge in [0.2, 0.25) is 0 Å². The topological polar surface area (TPSA) is 0 Å². The molecule has 8 heavy (non-hydrogen) atoms. The Balaban J connectivity index is 2.94. The molecule has 1 heteroatoms. The summed E-state index contributed by atoms with van der Waals surface area (Å²) in [6, 6.07) is 0. The third-order valence-electron chi connectivity index (χ3n) is 0.780. The van der Waals surface area contributed by atoms with Crippen molar-refractivity contribution >= 4 is 22.6 Å². The van der Waals surface area contributed by atoms with E-state index in [9.17, 15) is 0 Å². The summed E-state index contributed by atoms with van der Waals surface area (Å²) in [7, 11) is 0. The Morgan fingerprint density at radius 2 is 2.25 bits per heavy atom. The van der Waals surface area contributed by atoms with Crippen LogP contribution in [-0.4, -0.2) is 0 Å². The Morgan fingerprint density at radius 1 is 1.38 bits per heavy atom. The lowest BCUT2D eigenvalue weighted by Crippen LogP contribution is -1.52. The molecule has 1 aliphatic carbocycles. The van der Waals surface area contributed by atoms with Crippen LogP contribution in [0.5, 0.6) is 0 Å². The second kappa shape index (κ2) is 2.90. The SMILES string of the molecule is IC1=CC=CC=C=C1. The maximum absolute atomic E-state index is 2.98. The van der Waals surface area contributed by atoms with Gasteiger partial charge < -0.3 is 0 Å². The molecule has 1 aliphatic rings. The molecule has 0 aromatic heterocycles. The fourth-order valence-electron chi connectivity index (χ4n) is 0.434. The number of rotatable bonds is 0. The molecule has 0 aromatic carbocycles. The summed E-state index contributed by atoms with van der Waals surface area (Å²) in [6.07, 6.45) is 9.83. The number of hydrogen-bond donors (Lipinski definition) is 0. The highest BCUT2D eigenvalue weighted by molar-refractivity contribution is 14.1. The lowest BCUT2D eigenvalue weighted by atomic mass is 10.5. The average molecular weight is 216 g/mol. The summed E-state index contributed by atoms with van der Waals surface area (Å²) in [5, 5.41) is 0. The summed E-state index contributed by atoms with van der Waals surface area (Å²) in [5.74, 6) is 0. The van der Waals surface area contributed by atoms with E-state index in [0.717, 1.165) is 0 Å². The molecule has 1 rings (SSSR count). The molecule has 0 unspecified atom stereocenters. The molecule has 0 saturated carbocycles. The third kappa shape index (κ3) is 1.68. The average Bonchev–Trinajstić information content (AvgIpc) is 1.94. The highest BCUT2D eigenvalue weighted by atomic mass is 127. The van der Waals surface area contributed by atoms with Crippen molar-refractivity contribution < 1.29 is 0 Å². The van der Waals surface area contributed by atoms with Crippen LogP contribution in [0.3, 0.4) is 0 Å². The van der Waals surface area contributed by atoms with Gasteiger partial charge in [0.25, 0.3) is 0 Å². The maximum atomic E-state index is 2.98. The van der Waals surface area contributed by atoms with E-state index in [4.69, 9.17) is 0 Å². The fourth-order valence-corrected chi connectivity index (χ4v) is 0.822. The molecule has 0 aliphatic heterocycles. The zero-order valence-corrected chi connectivity index (χ0v) is 6.42. The van der Waals surface area contributed by atoms with Crippen LogP contribution in [0.2, 0.25) is 0 Å². The van der Waals surface area contributed by atoms with E-state index in [1.165, 1.54) is 3.58 Å². The van der Waals surface area contributed by atoms with Crippen molar-refractivity contribution in [1.82, 2.24) is 0 Å². The van der Waals surface area contributed by atoms with Crippen LogP contribution in [0.1, 0.15) is 0 Å². The molecule has 0 spiro atoms. The smallest absolute Gasteiger partial charge is 0.0207 e. The molecule has 0 atom stereocenters. The maximum Gasteiger partial charge on any atom is 0.0207 e. The monoisotopic (exact) mass is 216 g/mol. The van der Waals surface area contributed by atoms with E-state index in [0.29, 0.717) is 0 Å². The van der Waals surface area contributed by atoms with Gasteiger partial charge in [0.1, 0.15) is 0 Å². The summed E-state index contributed by atoms with van der Waals surface area (Å²) >= 11 is 2.25. The molecule has 0 aromatic rings. The van der Waals surface area contributed by atoms with Crippen LogP contribution < -0.4 is 0 Å². The standard InChI is InChI=1S/C7H5I/c8-7-5-3-1-2-4-6-7/h1-3,5-6H. The summed E-state index contributed by atoms with van der Waals surface area (Å²) in [6.45, 7) is 0. The molecule has 0 amide bonds. The van der Waals surface area contributed by atoms with Crippen LogP contribution in [0.25, 0.3) is 0 Å². The summed E-state index contributed by atoms with van der Waals surface area (Å²) in [4.78, 5) is 0. The van der Waals surface area contributed by atoms with Crippen molar-refractivity contribution in [3.05, 3.63) is 39.7 Å². The first kappa shape index (κ1) is 5.86. The van der Waals surface area contributed by atoms with Gasteiger partial charge in [-0.2, -0.15) is 0 Å². The minimum absolute atomic E-state index is 1.22. The summed E-state index contributed by atoms with van der Waals surface area (Å²) < 4.78 is 1.22. The Kier molecular flexibility index (Phi) is 2.12. The van der Waals surface area contributed by atoms with E-state index in [1.807, 2.05) is 30.4 Å². The Morgan fingerprint density at radius 3 is 3.12 bits per heavy atom. The summed E-state index contributed by atoms with van der Waals surface area (Å²) in [5.41, 5.74) is 2.98. The van der Waals surface area contributed by atoms with Crippen molar-refractivity contribution in [3.8, 4) is 0 Å². The number of hydrogen-bond acceptors (Lipinski definition) is 0. The van der Waals surface area contributed by atoms with Crippen LogP contribution in [-0.2, 0) is 0 Å². The first-order valence-corrected chi connectivity index (χ1v) is 3.42. The van der Waals surface area contributed by atoms with Crippen LogP contribution in [0.15, 0.2) is 39.7 Å². The van der Waals surface area contributed by atoms with Gasteiger partial charge in [0, 0.05) is 3.58 Å². The largest absolute Gasteiger partial charge is 0.120 e. The normalized spacial score (nSPS) is 15.9. The predicted octanol–water partition coefficient (Wildman–Crippen LogP) is 2.59. The van der Waals surface area contributed by atoms with Gasteiger partial charge in [-0.15, -0.1) is 5.73 Å². The molecular formula is C7H5I. The molecule has 0 radical (unpaired) electrons. The third-order valence-corrected chi connectivity index (χ3v) is 1.45. The molecule has 0 heterocycles. The van der Waals surface area contributed by atoms with Crippen molar-refractivity contribution in [2.45, 2.75) is 0 Å². The van der Waals surface area contributed by atoms with Gasteiger partial charge in [-0.05, 0) is 40.8 Å². The Bertz CT molecular complexity index is 190. The highest BCUT2D eigenvalue weighted by Gasteiger charge is 1.78. The Labute approximate surface area is 62.4 Å². The lowest BCUT2D eigenvalue weighted by molar-refractivity contribution is 1.95. The van der Waals surface area contributed by atoms with Crippen molar-refractivity contribution in [2.75, 3.05) is 0 Å². The lowest BCUT2D eigenvalue weighted by Gasteiger charge is -1.76.